The van der Waals surface area contributed by atoms with E-state index in [4.69, 9.17) is 0 Å². The van der Waals surface area contributed by atoms with Gasteiger partial charge in [0.2, 0.25) is 18.3 Å². The van der Waals surface area contributed by atoms with Crippen molar-refractivity contribution in [3.05, 3.63) is 54.9 Å². The standard InChI is InChI=1S/C13H13N3O3S/c1-11(17)14-12-5-7-13(8-6-12)20(18,19)15-16-9-3-2-4-10-16/h2-10,15H,1H3/p+1. The molecule has 1 aromatic carbocycles. The molecule has 0 unspecified atom stereocenters. The molecule has 0 spiro atoms. The van der Waals surface area contributed by atoms with Crippen LogP contribution in [0.1, 0.15) is 6.92 Å². The van der Waals surface area contributed by atoms with Crippen LogP contribution in [0.3, 0.4) is 0 Å². The number of aromatic nitrogens is 1. The fraction of sp³-hybridized carbons (Fsp3) is 0.0769. The molecule has 0 aliphatic heterocycles. The molecule has 0 saturated carbocycles. The Morgan fingerprint density at radius 1 is 1.05 bits per heavy atom. The van der Waals surface area contributed by atoms with Crippen molar-refractivity contribution < 1.29 is 17.9 Å². The first-order valence-corrected chi connectivity index (χ1v) is 7.32. The van der Waals surface area contributed by atoms with Gasteiger partial charge in [0.15, 0.2) is 0 Å². The molecular formula is C13H14N3O3S+. The van der Waals surface area contributed by atoms with Gasteiger partial charge in [-0.1, -0.05) is 15.6 Å². The van der Waals surface area contributed by atoms with Crippen molar-refractivity contribution >= 4 is 21.6 Å². The van der Waals surface area contributed by atoms with Crippen molar-refractivity contribution in [2.45, 2.75) is 11.8 Å². The summed E-state index contributed by atoms with van der Waals surface area (Å²) in [7, 11) is -3.66. The second kappa shape index (κ2) is 5.70. The summed E-state index contributed by atoms with van der Waals surface area (Å²) in [5, 5.41) is 2.57. The van der Waals surface area contributed by atoms with Crippen molar-refractivity contribution in [1.82, 2.24) is 0 Å². The summed E-state index contributed by atoms with van der Waals surface area (Å²) in [5.41, 5.74) is 0.545. The van der Waals surface area contributed by atoms with E-state index in [1.165, 1.54) is 35.9 Å². The molecule has 0 radical (unpaired) electrons. The van der Waals surface area contributed by atoms with Gasteiger partial charge in [-0.25, -0.2) is 0 Å². The van der Waals surface area contributed by atoms with E-state index in [1.54, 1.807) is 30.6 Å². The number of pyridine rings is 1. The molecule has 2 aromatic rings. The third-order valence-electron chi connectivity index (χ3n) is 2.43. The van der Waals surface area contributed by atoms with Gasteiger partial charge < -0.3 is 5.32 Å². The second-order valence-corrected chi connectivity index (χ2v) is 5.74. The molecule has 20 heavy (non-hydrogen) atoms. The minimum absolute atomic E-state index is 0.114. The molecule has 1 heterocycles. The average Bonchev–Trinajstić information content (AvgIpc) is 2.39. The lowest BCUT2D eigenvalue weighted by Gasteiger charge is -2.05. The van der Waals surface area contributed by atoms with Gasteiger partial charge in [-0.2, -0.15) is 8.42 Å². The molecule has 6 nitrogen and oxygen atoms in total. The molecule has 104 valence electrons. The van der Waals surface area contributed by atoms with Crippen molar-refractivity contribution in [3.8, 4) is 0 Å². The maximum absolute atomic E-state index is 12.1. The van der Waals surface area contributed by atoms with Crippen LogP contribution in [0.5, 0.6) is 0 Å². The number of sulfonamides is 1. The number of nitrogens with one attached hydrogen (secondary N) is 2. The van der Waals surface area contributed by atoms with E-state index in [9.17, 15) is 13.2 Å². The lowest BCUT2D eigenvalue weighted by molar-refractivity contribution is -0.636. The molecule has 2 N–H and O–H groups in total. The van der Waals surface area contributed by atoms with E-state index in [-0.39, 0.29) is 10.8 Å². The minimum atomic E-state index is -3.66. The van der Waals surface area contributed by atoms with E-state index < -0.39 is 10.0 Å². The Balaban J connectivity index is 2.19. The fourth-order valence-corrected chi connectivity index (χ4v) is 2.57. The Morgan fingerprint density at radius 3 is 2.20 bits per heavy atom. The van der Waals surface area contributed by atoms with E-state index in [2.05, 4.69) is 10.1 Å². The molecule has 0 aliphatic carbocycles. The maximum atomic E-state index is 12.1. The van der Waals surface area contributed by atoms with Crippen LogP contribution in [0.4, 0.5) is 5.69 Å². The molecule has 0 atom stereocenters. The lowest BCUT2D eigenvalue weighted by atomic mass is 10.3. The Hall–Kier alpha value is -2.41. The zero-order chi connectivity index (χ0) is 14.6. The van der Waals surface area contributed by atoms with Crippen LogP contribution in [0.2, 0.25) is 0 Å². The smallest absolute Gasteiger partial charge is 0.306 e. The van der Waals surface area contributed by atoms with Crippen molar-refractivity contribution in [3.63, 3.8) is 0 Å². The number of amides is 1. The normalized spacial score (nSPS) is 10.8. The second-order valence-electron chi connectivity index (χ2n) is 4.08. The molecule has 0 aliphatic rings. The predicted octanol–water partition coefficient (Wildman–Crippen LogP) is 0.865. The van der Waals surface area contributed by atoms with Gasteiger partial charge in [0, 0.05) is 24.7 Å². The van der Waals surface area contributed by atoms with Crippen LogP contribution in [-0.4, -0.2) is 14.3 Å². The number of carbonyl (C=O) groups excluding carboxylic acids is 1. The number of benzene rings is 1. The van der Waals surface area contributed by atoms with Gasteiger partial charge in [0.05, 0.1) is 4.90 Å². The molecule has 0 fully saturated rings. The van der Waals surface area contributed by atoms with Crippen LogP contribution >= 0.6 is 0 Å². The number of carbonyl (C=O) groups is 1. The summed E-state index contributed by atoms with van der Waals surface area (Å²) in [4.78, 5) is 13.4. The van der Waals surface area contributed by atoms with Gasteiger partial charge in [-0.3, -0.25) is 4.79 Å². The zero-order valence-electron chi connectivity index (χ0n) is 10.8. The molecule has 1 aromatic heterocycles. The van der Waals surface area contributed by atoms with Crippen LogP contribution in [0.15, 0.2) is 59.8 Å². The minimum Gasteiger partial charge on any atom is -0.326 e. The van der Waals surface area contributed by atoms with Crippen LogP contribution in [0.25, 0.3) is 0 Å². The summed E-state index contributed by atoms with van der Waals surface area (Å²) in [6, 6.07) is 11.1. The summed E-state index contributed by atoms with van der Waals surface area (Å²) in [6.45, 7) is 1.39. The molecule has 0 bridgehead atoms. The summed E-state index contributed by atoms with van der Waals surface area (Å²) >= 11 is 0. The number of nitrogens with zero attached hydrogens (tertiary/aromatic N) is 1. The summed E-state index contributed by atoms with van der Waals surface area (Å²) in [6.07, 6.45) is 3.17. The molecular weight excluding hydrogens is 278 g/mol. The largest absolute Gasteiger partial charge is 0.326 e. The van der Waals surface area contributed by atoms with E-state index in [0.29, 0.717) is 5.69 Å². The highest BCUT2D eigenvalue weighted by atomic mass is 32.2. The predicted molar refractivity (Wildman–Crippen MR) is 73.9 cm³/mol. The third-order valence-corrected chi connectivity index (χ3v) is 3.77. The van der Waals surface area contributed by atoms with Gasteiger partial charge in [0.25, 0.3) is 0 Å². The monoisotopic (exact) mass is 292 g/mol. The third kappa shape index (κ3) is 3.55. The molecule has 7 heteroatoms. The number of hydrogen-bond donors (Lipinski definition) is 2. The number of rotatable bonds is 4. The topological polar surface area (TPSA) is 79.1 Å². The zero-order valence-corrected chi connectivity index (χ0v) is 11.6. The van der Waals surface area contributed by atoms with Crippen LogP contribution in [-0.2, 0) is 14.8 Å². The van der Waals surface area contributed by atoms with Crippen molar-refractivity contribution in [1.29, 1.82) is 0 Å². The quantitative estimate of drug-likeness (QED) is 0.821. The number of hydrogen-bond acceptors (Lipinski definition) is 3. The molecule has 1 amide bonds. The van der Waals surface area contributed by atoms with Gasteiger partial charge >= 0.3 is 10.0 Å². The van der Waals surface area contributed by atoms with Crippen molar-refractivity contribution in [2.75, 3.05) is 10.1 Å². The Morgan fingerprint density at radius 2 is 1.65 bits per heavy atom. The maximum Gasteiger partial charge on any atom is 0.306 e. The highest BCUT2D eigenvalue weighted by Crippen LogP contribution is 2.13. The van der Waals surface area contributed by atoms with E-state index in [1.807, 2.05) is 0 Å². The van der Waals surface area contributed by atoms with Crippen molar-refractivity contribution in [2.24, 2.45) is 0 Å². The van der Waals surface area contributed by atoms with Crippen LogP contribution < -0.4 is 14.8 Å². The summed E-state index contributed by atoms with van der Waals surface area (Å²) < 4.78 is 25.6. The first kappa shape index (κ1) is 14.0. The van der Waals surface area contributed by atoms with E-state index >= 15 is 0 Å². The van der Waals surface area contributed by atoms with Gasteiger partial charge in [-0.05, 0) is 24.3 Å². The van der Waals surface area contributed by atoms with Gasteiger partial charge in [0.1, 0.15) is 0 Å². The highest BCUT2D eigenvalue weighted by molar-refractivity contribution is 7.92. The first-order valence-electron chi connectivity index (χ1n) is 5.84. The first-order chi connectivity index (χ1) is 9.47. The van der Waals surface area contributed by atoms with Gasteiger partial charge in [-0.15, -0.1) is 0 Å². The van der Waals surface area contributed by atoms with Crippen LogP contribution in [0, 0.1) is 0 Å². The molecule has 2 rings (SSSR count). The Labute approximate surface area is 117 Å². The average molecular weight is 292 g/mol. The number of anilines is 1. The Bertz CT molecular complexity index is 697. The summed E-state index contributed by atoms with van der Waals surface area (Å²) in [5.74, 6) is -0.210. The van der Waals surface area contributed by atoms with E-state index in [0.717, 1.165) is 0 Å². The Kier molecular flexibility index (Phi) is 3.99. The highest BCUT2D eigenvalue weighted by Gasteiger charge is 2.17. The SMILES string of the molecule is CC(=O)Nc1ccc(S(=O)(=O)N[n+]2ccccc2)cc1. The fourth-order valence-electron chi connectivity index (χ4n) is 1.57. The lowest BCUT2D eigenvalue weighted by Crippen LogP contribution is -2.47. The molecule has 0 saturated heterocycles.